The van der Waals surface area contributed by atoms with E-state index in [4.69, 9.17) is 9.47 Å². The summed E-state index contributed by atoms with van der Waals surface area (Å²) in [6.45, 7) is 3.27. The topological polar surface area (TPSA) is 84.9 Å². The average Bonchev–Trinajstić information content (AvgIpc) is 2.74. The van der Waals surface area contributed by atoms with Crippen LogP contribution in [0.2, 0.25) is 0 Å². The molecule has 2 aromatic rings. The van der Waals surface area contributed by atoms with Gasteiger partial charge in [-0.2, -0.15) is 4.31 Å². The van der Waals surface area contributed by atoms with Crippen molar-refractivity contribution in [3.05, 3.63) is 54.1 Å². The standard InChI is InChI=1S/C21H26N2O5S/c1-16(17-6-4-3-5-7-17)14-21(24)22-18-8-9-19(27-2)20(15-18)29(25,26)23-10-12-28-13-11-23/h3-9,15-16H,10-14H2,1-2H3,(H,22,24). The largest absolute Gasteiger partial charge is 0.495 e. The van der Waals surface area contributed by atoms with Gasteiger partial charge in [0.15, 0.2) is 0 Å². The molecule has 0 aliphatic carbocycles. The number of rotatable bonds is 7. The highest BCUT2D eigenvalue weighted by atomic mass is 32.2. The monoisotopic (exact) mass is 418 g/mol. The first-order chi connectivity index (χ1) is 13.9. The van der Waals surface area contributed by atoms with Gasteiger partial charge in [0.1, 0.15) is 10.6 Å². The molecule has 1 atom stereocenters. The molecular weight excluding hydrogens is 392 g/mol. The summed E-state index contributed by atoms with van der Waals surface area (Å²) >= 11 is 0. The van der Waals surface area contributed by atoms with E-state index in [1.54, 1.807) is 12.1 Å². The molecule has 2 aromatic carbocycles. The number of hydrogen-bond donors (Lipinski definition) is 1. The lowest BCUT2D eigenvalue weighted by Crippen LogP contribution is -2.40. The first-order valence-electron chi connectivity index (χ1n) is 9.52. The van der Waals surface area contributed by atoms with E-state index in [2.05, 4.69) is 5.32 Å². The smallest absolute Gasteiger partial charge is 0.246 e. The molecule has 1 amide bonds. The van der Waals surface area contributed by atoms with Crippen molar-refractivity contribution in [1.82, 2.24) is 4.31 Å². The number of morpholine rings is 1. The Balaban J connectivity index is 1.77. The maximum absolute atomic E-state index is 13.0. The lowest BCUT2D eigenvalue weighted by atomic mass is 9.97. The van der Waals surface area contributed by atoms with Crippen molar-refractivity contribution in [3.63, 3.8) is 0 Å². The predicted molar refractivity (Wildman–Crippen MR) is 111 cm³/mol. The van der Waals surface area contributed by atoms with Gasteiger partial charge in [0.2, 0.25) is 15.9 Å². The van der Waals surface area contributed by atoms with E-state index >= 15 is 0 Å². The van der Waals surface area contributed by atoms with E-state index in [1.807, 2.05) is 37.3 Å². The number of nitrogens with one attached hydrogen (secondary N) is 1. The predicted octanol–water partition coefficient (Wildman–Crippen LogP) is 2.85. The van der Waals surface area contributed by atoms with Crippen molar-refractivity contribution in [1.29, 1.82) is 0 Å². The molecule has 1 heterocycles. The van der Waals surface area contributed by atoms with Gasteiger partial charge in [-0.3, -0.25) is 4.79 Å². The molecule has 1 fully saturated rings. The summed E-state index contributed by atoms with van der Waals surface area (Å²) in [5, 5.41) is 2.81. The van der Waals surface area contributed by atoms with Crippen molar-refractivity contribution >= 4 is 21.6 Å². The second kappa shape index (κ2) is 9.39. The van der Waals surface area contributed by atoms with E-state index in [0.717, 1.165) is 5.56 Å². The van der Waals surface area contributed by atoms with Crippen LogP contribution in [0.4, 0.5) is 5.69 Å². The minimum Gasteiger partial charge on any atom is -0.495 e. The van der Waals surface area contributed by atoms with Gasteiger partial charge in [-0.25, -0.2) is 8.42 Å². The Morgan fingerprint density at radius 2 is 1.86 bits per heavy atom. The molecule has 1 saturated heterocycles. The Morgan fingerprint density at radius 3 is 2.52 bits per heavy atom. The summed E-state index contributed by atoms with van der Waals surface area (Å²) in [7, 11) is -2.33. The number of nitrogens with zero attached hydrogens (tertiary/aromatic N) is 1. The zero-order valence-electron chi connectivity index (χ0n) is 16.6. The number of carbonyl (C=O) groups is 1. The van der Waals surface area contributed by atoms with Crippen LogP contribution in [0.5, 0.6) is 5.75 Å². The van der Waals surface area contributed by atoms with E-state index in [9.17, 15) is 13.2 Å². The Morgan fingerprint density at radius 1 is 1.17 bits per heavy atom. The number of methoxy groups -OCH3 is 1. The maximum atomic E-state index is 13.0. The first kappa shape index (κ1) is 21.3. The molecule has 0 aromatic heterocycles. The Hall–Kier alpha value is -2.42. The number of anilines is 1. The van der Waals surface area contributed by atoms with E-state index < -0.39 is 10.0 Å². The molecule has 0 spiro atoms. The van der Waals surface area contributed by atoms with Gasteiger partial charge in [-0.15, -0.1) is 0 Å². The molecule has 3 rings (SSSR count). The number of ether oxygens (including phenoxy) is 2. The third kappa shape index (κ3) is 5.14. The molecule has 8 heteroatoms. The van der Waals surface area contributed by atoms with Gasteiger partial charge in [0.05, 0.1) is 20.3 Å². The van der Waals surface area contributed by atoms with Crippen molar-refractivity contribution < 1.29 is 22.7 Å². The van der Waals surface area contributed by atoms with Gasteiger partial charge in [-0.1, -0.05) is 37.3 Å². The third-order valence-electron chi connectivity index (χ3n) is 4.90. The SMILES string of the molecule is COc1ccc(NC(=O)CC(C)c2ccccc2)cc1S(=O)(=O)N1CCOCC1. The second-order valence-corrected chi connectivity index (χ2v) is 8.85. The molecule has 0 saturated carbocycles. The van der Waals surface area contributed by atoms with Crippen LogP contribution >= 0.6 is 0 Å². The fourth-order valence-corrected chi connectivity index (χ4v) is 4.86. The molecule has 1 N–H and O–H groups in total. The van der Waals surface area contributed by atoms with Crippen molar-refractivity contribution in [2.45, 2.75) is 24.2 Å². The van der Waals surface area contributed by atoms with Crippen LogP contribution in [0.15, 0.2) is 53.4 Å². The number of benzene rings is 2. The van der Waals surface area contributed by atoms with Crippen molar-refractivity contribution in [2.24, 2.45) is 0 Å². The summed E-state index contributed by atoms with van der Waals surface area (Å²) in [6.07, 6.45) is 0.293. The second-order valence-electron chi connectivity index (χ2n) is 6.95. The van der Waals surface area contributed by atoms with Crippen LogP contribution in [0.25, 0.3) is 0 Å². The fourth-order valence-electron chi connectivity index (χ4n) is 3.27. The zero-order chi connectivity index (χ0) is 20.9. The molecule has 1 aliphatic rings. The molecule has 7 nitrogen and oxygen atoms in total. The normalized spacial score (nSPS) is 16.2. The lowest BCUT2D eigenvalue weighted by Gasteiger charge is -2.26. The maximum Gasteiger partial charge on any atom is 0.246 e. The van der Waals surface area contributed by atoms with Gasteiger partial charge >= 0.3 is 0 Å². The lowest BCUT2D eigenvalue weighted by molar-refractivity contribution is -0.116. The average molecular weight is 419 g/mol. The Kier molecular flexibility index (Phi) is 6.89. The van der Waals surface area contributed by atoms with Crippen molar-refractivity contribution in [2.75, 3.05) is 38.7 Å². The van der Waals surface area contributed by atoms with Gasteiger partial charge in [0.25, 0.3) is 0 Å². The van der Waals surface area contributed by atoms with Gasteiger partial charge < -0.3 is 14.8 Å². The van der Waals surface area contributed by atoms with Crippen LogP contribution < -0.4 is 10.1 Å². The van der Waals surface area contributed by atoms with Gasteiger partial charge in [0, 0.05) is 25.2 Å². The highest BCUT2D eigenvalue weighted by Gasteiger charge is 2.29. The third-order valence-corrected chi connectivity index (χ3v) is 6.82. The van der Waals surface area contributed by atoms with Crippen LogP contribution in [-0.2, 0) is 19.6 Å². The number of sulfonamides is 1. The highest BCUT2D eigenvalue weighted by molar-refractivity contribution is 7.89. The minimum absolute atomic E-state index is 0.0378. The van der Waals surface area contributed by atoms with Crippen LogP contribution in [0, 0.1) is 0 Å². The summed E-state index contributed by atoms with van der Waals surface area (Å²) in [6, 6.07) is 14.4. The van der Waals surface area contributed by atoms with Crippen molar-refractivity contribution in [3.8, 4) is 5.75 Å². The highest BCUT2D eigenvalue weighted by Crippen LogP contribution is 2.30. The Bertz CT molecular complexity index is 941. The minimum atomic E-state index is -3.75. The van der Waals surface area contributed by atoms with Crippen LogP contribution in [0.1, 0.15) is 24.8 Å². The molecule has 1 unspecified atom stereocenters. The number of carbonyl (C=O) groups excluding carboxylic acids is 1. The van der Waals surface area contributed by atoms with Crippen LogP contribution in [-0.4, -0.2) is 52.0 Å². The summed E-state index contributed by atoms with van der Waals surface area (Å²) in [5.74, 6) is 0.111. The number of hydrogen-bond acceptors (Lipinski definition) is 5. The molecule has 156 valence electrons. The zero-order valence-corrected chi connectivity index (χ0v) is 17.4. The van der Waals surface area contributed by atoms with E-state index in [1.165, 1.54) is 17.5 Å². The number of amides is 1. The summed E-state index contributed by atoms with van der Waals surface area (Å²) in [4.78, 5) is 12.5. The quantitative estimate of drug-likeness (QED) is 0.747. The first-order valence-corrected chi connectivity index (χ1v) is 11.0. The fraction of sp³-hybridized carbons (Fsp3) is 0.381. The van der Waals surface area contributed by atoms with Gasteiger partial charge in [-0.05, 0) is 29.7 Å². The molecular formula is C21H26N2O5S. The molecule has 0 bridgehead atoms. The summed E-state index contributed by atoms with van der Waals surface area (Å²) < 4.78 is 38.0. The van der Waals surface area contributed by atoms with E-state index in [-0.39, 0.29) is 35.6 Å². The molecule has 0 radical (unpaired) electrons. The van der Waals surface area contributed by atoms with E-state index in [0.29, 0.717) is 25.3 Å². The molecule has 29 heavy (non-hydrogen) atoms. The summed E-state index contributed by atoms with van der Waals surface area (Å²) in [5.41, 5.74) is 1.50. The molecule has 1 aliphatic heterocycles. The van der Waals surface area contributed by atoms with Crippen LogP contribution in [0.3, 0.4) is 0 Å². The Labute approximate surface area is 171 Å².